The molecule has 0 radical (unpaired) electrons. The molecule has 0 saturated heterocycles. The Balaban J connectivity index is 0.000000162. The molecule has 2 atom stereocenters. The van der Waals surface area contributed by atoms with E-state index in [0.717, 1.165) is 12.8 Å². The van der Waals surface area contributed by atoms with Gasteiger partial charge in [-0.2, -0.15) is 0 Å². The van der Waals surface area contributed by atoms with Crippen molar-refractivity contribution < 1.29 is 20.1 Å². The quantitative estimate of drug-likeness (QED) is 0.476. The molecule has 0 aliphatic heterocycles. The minimum absolute atomic E-state index is 0.0938. The van der Waals surface area contributed by atoms with Crippen molar-refractivity contribution in [3.63, 3.8) is 0 Å². The lowest BCUT2D eigenvalue weighted by molar-refractivity contribution is 0.0289. The normalized spacial score (nSPS) is 18.4. The van der Waals surface area contributed by atoms with E-state index < -0.39 is 0 Å². The maximum absolute atomic E-state index is 8.59. The summed E-state index contributed by atoms with van der Waals surface area (Å²) in [6.45, 7) is 1.07. The highest BCUT2D eigenvalue weighted by Crippen LogP contribution is 2.39. The minimum atomic E-state index is 0.0938. The summed E-state index contributed by atoms with van der Waals surface area (Å²) in [4.78, 5) is 0.633. The standard InChI is InChI=1S/C11H14O2.C8H7Br.C3H8O2/c12-6-3-7-13-11-8-9-4-1-2-5-10(9)11;9-8-5-6-3-1-2-4-7(6)8;4-2-1-3-5/h1-2,4-5,11-12H,3,6-8H2;1-4,8H,5H2;4-5H,1-3H2. The molecule has 0 fully saturated rings. The number of aliphatic hydroxyl groups is 3. The van der Waals surface area contributed by atoms with E-state index in [1.165, 1.54) is 28.7 Å². The Morgan fingerprint density at radius 1 is 0.778 bits per heavy atom. The van der Waals surface area contributed by atoms with Crippen molar-refractivity contribution in [1.82, 2.24) is 0 Å². The molecule has 4 nitrogen and oxygen atoms in total. The van der Waals surface area contributed by atoms with Crippen molar-refractivity contribution in [2.24, 2.45) is 0 Å². The topological polar surface area (TPSA) is 69.9 Å². The summed E-state index contributed by atoms with van der Waals surface area (Å²) in [6.07, 6.45) is 3.75. The van der Waals surface area contributed by atoms with Crippen molar-refractivity contribution in [1.29, 1.82) is 0 Å². The minimum Gasteiger partial charge on any atom is -0.396 e. The van der Waals surface area contributed by atoms with E-state index in [-0.39, 0.29) is 25.9 Å². The molecular weight excluding hydrogens is 408 g/mol. The number of hydrogen-bond acceptors (Lipinski definition) is 4. The third-order valence-corrected chi connectivity index (χ3v) is 5.35. The lowest BCUT2D eigenvalue weighted by Crippen LogP contribution is -2.20. The smallest absolute Gasteiger partial charge is 0.0868 e. The van der Waals surface area contributed by atoms with E-state index in [0.29, 0.717) is 17.9 Å². The average Bonchev–Trinajstić information content (AvgIpc) is 2.66. The van der Waals surface area contributed by atoms with Gasteiger partial charge in [-0.25, -0.2) is 0 Å². The summed E-state index contributed by atoms with van der Waals surface area (Å²) in [7, 11) is 0. The molecule has 27 heavy (non-hydrogen) atoms. The summed E-state index contributed by atoms with van der Waals surface area (Å²) in [6, 6.07) is 16.9. The molecule has 2 aliphatic carbocycles. The molecule has 148 valence electrons. The second-order valence-electron chi connectivity index (χ2n) is 6.51. The Morgan fingerprint density at radius 2 is 1.33 bits per heavy atom. The molecule has 5 heteroatoms. The monoisotopic (exact) mass is 436 g/mol. The second-order valence-corrected chi connectivity index (χ2v) is 7.62. The van der Waals surface area contributed by atoms with Gasteiger partial charge in [-0.05, 0) is 41.5 Å². The highest BCUT2D eigenvalue weighted by atomic mass is 79.9. The molecule has 0 spiro atoms. The molecule has 2 aromatic rings. The molecule has 0 heterocycles. The van der Waals surface area contributed by atoms with Crippen molar-refractivity contribution in [3.8, 4) is 0 Å². The number of halogens is 1. The predicted molar refractivity (Wildman–Crippen MR) is 111 cm³/mol. The SMILES string of the molecule is BrC1Cc2ccccc21.OCCCO.OCCCOC1Cc2ccccc21. The average molecular weight is 437 g/mol. The first-order valence-electron chi connectivity index (χ1n) is 9.45. The molecule has 2 aromatic carbocycles. The van der Waals surface area contributed by atoms with Crippen LogP contribution in [0.25, 0.3) is 0 Å². The number of aliphatic hydroxyl groups excluding tert-OH is 3. The number of alkyl halides is 1. The number of fused-ring (bicyclic) bond motifs is 2. The maximum Gasteiger partial charge on any atom is 0.0868 e. The van der Waals surface area contributed by atoms with Crippen LogP contribution in [-0.4, -0.2) is 41.7 Å². The fourth-order valence-electron chi connectivity index (χ4n) is 2.92. The van der Waals surface area contributed by atoms with Gasteiger partial charge in [0.25, 0.3) is 0 Å². The first-order chi connectivity index (χ1) is 13.2. The number of rotatable bonds is 6. The van der Waals surface area contributed by atoms with Crippen molar-refractivity contribution in [2.75, 3.05) is 26.4 Å². The largest absolute Gasteiger partial charge is 0.396 e. The van der Waals surface area contributed by atoms with E-state index in [2.05, 4.69) is 58.4 Å². The van der Waals surface area contributed by atoms with Crippen LogP contribution in [0.4, 0.5) is 0 Å². The Labute approximate surface area is 170 Å². The van der Waals surface area contributed by atoms with Gasteiger partial charge in [0.2, 0.25) is 0 Å². The molecule has 0 saturated carbocycles. The zero-order chi connectivity index (χ0) is 19.5. The first-order valence-corrected chi connectivity index (χ1v) is 10.4. The van der Waals surface area contributed by atoms with Crippen LogP contribution in [0.15, 0.2) is 48.5 Å². The third kappa shape index (κ3) is 6.70. The van der Waals surface area contributed by atoms with Crippen molar-refractivity contribution in [3.05, 3.63) is 70.8 Å². The van der Waals surface area contributed by atoms with Gasteiger partial charge in [0.1, 0.15) is 0 Å². The fourth-order valence-corrected chi connectivity index (χ4v) is 3.72. The van der Waals surface area contributed by atoms with Crippen LogP contribution in [0, 0.1) is 0 Å². The Morgan fingerprint density at radius 3 is 1.78 bits per heavy atom. The van der Waals surface area contributed by atoms with Crippen LogP contribution in [0.2, 0.25) is 0 Å². The summed E-state index contributed by atoms with van der Waals surface area (Å²) in [5.41, 5.74) is 5.69. The highest BCUT2D eigenvalue weighted by molar-refractivity contribution is 9.09. The van der Waals surface area contributed by atoms with Gasteiger partial charge < -0.3 is 20.1 Å². The van der Waals surface area contributed by atoms with Crippen molar-refractivity contribution in [2.45, 2.75) is 36.6 Å². The lowest BCUT2D eigenvalue weighted by atomic mass is 9.85. The Hall–Kier alpha value is -1.24. The first kappa shape index (κ1) is 22.1. The summed E-state index contributed by atoms with van der Waals surface area (Å²) in [5.74, 6) is 0. The van der Waals surface area contributed by atoms with Gasteiger partial charge in [-0.3, -0.25) is 0 Å². The molecule has 3 N–H and O–H groups in total. The highest BCUT2D eigenvalue weighted by Gasteiger charge is 2.25. The third-order valence-electron chi connectivity index (χ3n) is 4.54. The van der Waals surface area contributed by atoms with E-state index >= 15 is 0 Å². The molecule has 2 aliphatic rings. The zero-order valence-electron chi connectivity index (χ0n) is 15.6. The van der Waals surface area contributed by atoms with Crippen LogP contribution >= 0.6 is 15.9 Å². The van der Waals surface area contributed by atoms with Crippen LogP contribution in [-0.2, 0) is 17.6 Å². The molecule has 2 unspecified atom stereocenters. The Bertz CT molecular complexity index is 675. The zero-order valence-corrected chi connectivity index (χ0v) is 17.1. The molecule has 4 rings (SSSR count). The summed E-state index contributed by atoms with van der Waals surface area (Å²) in [5, 5.41) is 24.4. The lowest BCUT2D eigenvalue weighted by Gasteiger charge is -2.29. The van der Waals surface area contributed by atoms with Gasteiger partial charge in [-0.15, -0.1) is 0 Å². The van der Waals surface area contributed by atoms with Crippen molar-refractivity contribution >= 4 is 15.9 Å². The summed E-state index contributed by atoms with van der Waals surface area (Å²) < 4.78 is 5.58. The summed E-state index contributed by atoms with van der Waals surface area (Å²) >= 11 is 3.56. The van der Waals surface area contributed by atoms with Gasteiger partial charge >= 0.3 is 0 Å². The fraction of sp³-hybridized carbons (Fsp3) is 0.455. The molecule has 0 amide bonds. The molecule has 0 aromatic heterocycles. The number of hydrogen-bond donors (Lipinski definition) is 3. The second kappa shape index (κ2) is 12.3. The van der Waals surface area contributed by atoms with Crippen LogP contribution in [0.1, 0.15) is 46.0 Å². The van der Waals surface area contributed by atoms with E-state index in [1.807, 2.05) is 6.07 Å². The van der Waals surface area contributed by atoms with E-state index in [1.54, 1.807) is 0 Å². The van der Waals surface area contributed by atoms with Gasteiger partial charge in [0.15, 0.2) is 0 Å². The van der Waals surface area contributed by atoms with Gasteiger partial charge in [0, 0.05) is 37.7 Å². The van der Waals surface area contributed by atoms with Gasteiger partial charge in [0.05, 0.1) is 6.10 Å². The van der Waals surface area contributed by atoms with Crippen LogP contribution in [0.5, 0.6) is 0 Å². The maximum atomic E-state index is 8.59. The van der Waals surface area contributed by atoms with Crippen LogP contribution < -0.4 is 0 Å². The van der Waals surface area contributed by atoms with E-state index in [9.17, 15) is 0 Å². The number of ether oxygens (including phenoxy) is 1. The van der Waals surface area contributed by atoms with Crippen LogP contribution in [0.3, 0.4) is 0 Å². The number of benzene rings is 2. The van der Waals surface area contributed by atoms with Gasteiger partial charge in [-0.1, -0.05) is 64.5 Å². The van der Waals surface area contributed by atoms with E-state index in [4.69, 9.17) is 20.1 Å². The Kier molecular flexibility index (Phi) is 10.0. The predicted octanol–water partition coefficient (Wildman–Crippen LogP) is 3.72. The molecule has 0 bridgehead atoms. The molecular formula is C22H29BrO4.